The Hall–Kier alpha value is -1.09. The lowest BCUT2D eigenvalue weighted by molar-refractivity contribution is 0.980. The van der Waals surface area contributed by atoms with Crippen molar-refractivity contribution in [2.45, 2.75) is 0 Å². The van der Waals surface area contributed by atoms with Gasteiger partial charge in [0.25, 0.3) is 0 Å². The fraction of sp³-hybridized carbons (Fsp3) is 0. The zero-order chi connectivity index (χ0) is 4.95. The van der Waals surface area contributed by atoms with Gasteiger partial charge in [0.15, 0.2) is 0 Å². The van der Waals surface area contributed by atoms with Gasteiger partial charge in [-0.1, -0.05) is 6.08 Å². The Morgan fingerprint density at radius 2 is 2.00 bits per heavy atom. The van der Waals surface area contributed by atoms with Crippen LogP contribution in [-0.4, -0.2) is 6.21 Å². The number of nitrogens with zero attached hydrogens (tertiary/aromatic N) is 1. The summed E-state index contributed by atoms with van der Waals surface area (Å²) in [5, 5.41) is 3.72. The molecule has 1 aliphatic heterocycles. The van der Waals surface area contributed by atoms with Gasteiger partial charge in [-0.05, 0) is 12.2 Å². The van der Waals surface area contributed by atoms with Crippen LogP contribution < -0.4 is 11.6 Å². The third kappa shape index (κ3) is 2.15. The van der Waals surface area contributed by atoms with E-state index in [1.807, 2.05) is 18.2 Å². The summed E-state index contributed by atoms with van der Waals surface area (Å²) < 4.78 is 0. The molecule has 0 amide bonds. The molecule has 0 saturated carbocycles. The number of rotatable bonds is 0. The highest BCUT2D eigenvalue weighted by atomic mass is 15.3. The second kappa shape index (κ2) is 4.08. The molecule has 44 valence electrons. The Labute approximate surface area is 48.4 Å². The summed E-state index contributed by atoms with van der Waals surface area (Å²) in [7, 11) is 0. The number of hydrogen-bond donors (Lipinski definition) is 2. The van der Waals surface area contributed by atoms with Gasteiger partial charge >= 0.3 is 0 Å². The van der Waals surface area contributed by atoms with Crippen LogP contribution in [0.2, 0.25) is 0 Å². The summed E-state index contributed by atoms with van der Waals surface area (Å²) in [4.78, 5) is 0. The average molecular weight is 111 g/mol. The van der Waals surface area contributed by atoms with Gasteiger partial charge in [-0.25, -0.2) is 0 Å². The van der Waals surface area contributed by atoms with Crippen LogP contribution in [-0.2, 0) is 0 Å². The number of nitrogens with one attached hydrogen (secondary N) is 1. The van der Waals surface area contributed by atoms with E-state index in [-0.39, 0.29) is 6.15 Å². The lowest BCUT2D eigenvalue weighted by Gasteiger charge is -1.78. The maximum absolute atomic E-state index is 3.72. The van der Waals surface area contributed by atoms with Crippen molar-refractivity contribution in [2.75, 3.05) is 0 Å². The molecule has 3 heteroatoms. The molecule has 0 atom stereocenters. The predicted molar refractivity (Wildman–Crippen MR) is 34.9 cm³/mol. The van der Waals surface area contributed by atoms with Crippen LogP contribution in [0.5, 0.6) is 0 Å². The van der Waals surface area contributed by atoms with E-state index in [0.717, 1.165) is 0 Å². The summed E-state index contributed by atoms with van der Waals surface area (Å²) in [5.41, 5.74) is 2.67. The molecule has 0 bridgehead atoms. The summed E-state index contributed by atoms with van der Waals surface area (Å²) in [5.74, 6) is 0. The van der Waals surface area contributed by atoms with E-state index in [0.29, 0.717) is 0 Å². The van der Waals surface area contributed by atoms with E-state index in [2.05, 4.69) is 10.5 Å². The van der Waals surface area contributed by atoms with E-state index in [4.69, 9.17) is 0 Å². The molecule has 0 aromatic rings. The molecule has 0 fully saturated rings. The quantitative estimate of drug-likeness (QED) is 0.486. The van der Waals surface area contributed by atoms with Crippen LogP contribution >= 0.6 is 0 Å². The van der Waals surface area contributed by atoms with E-state index in [1.165, 1.54) is 0 Å². The zero-order valence-corrected chi connectivity index (χ0v) is 4.54. The van der Waals surface area contributed by atoms with Crippen LogP contribution in [0.3, 0.4) is 0 Å². The predicted octanol–water partition coefficient (Wildman–Crippen LogP) is 0.807. The van der Waals surface area contributed by atoms with Crippen molar-refractivity contribution < 1.29 is 0 Å². The molecule has 0 spiro atoms. The van der Waals surface area contributed by atoms with Crippen molar-refractivity contribution in [1.29, 1.82) is 0 Å². The van der Waals surface area contributed by atoms with E-state index in [1.54, 1.807) is 12.4 Å². The first-order chi connectivity index (χ1) is 3.50. The molecule has 1 rings (SSSR count). The molecule has 0 radical (unpaired) electrons. The van der Waals surface area contributed by atoms with Crippen molar-refractivity contribution in [3.05, 3.63) is 24.4 Å². The van der Waals surface area contributed by atoms with E-state index >= 15 is 0 Å². The molecule has 1 heterocycles. The highest BCUT2D eigenvalue weighted by Crippen LogP contribution is 1.76. The lowest BCUT2D eigenvalue weighted by atomic mass is 10.5. The molecule has 0 aromatic carbocycles. The average Bonchev–Trinajstić information content (AvgIpc) is 1.90. The van der Waals surface area contributed by atoms with E-state index in [9.17, 15) is 0 Å². The van der Waals surface area contributed by atoms with Crippen LogP contribution in [0.25, 0.3) is 0 Å². The third-order valence-corrected chi connectivity index (χ3v) is 0.628. The van der Waals surface area contributed by atoms with Gasteiger partial charge in [-0.2, -0.15) is 5.10 Å². The fourth-order valence-corrected chi connectivity index (χ4v) is 0.342. The maximum atomic E-state index is 3.72. The van der Waals surface area contributed by atoms with Gasteiger partial charge in [-0.3, -0.25) is 5.43 Å². The van der Waals surface area contributed by atoms with Gasteiger partial charge in [0.2, 0.25) is 0 Å². The molecule has 1 aliphatic rings. The molecule has 0 unspecified atom stereocenters. The van der Waals surface area contributed by atoms with Gasteiger partial charge < -0.3 is 6.15 Å². The summed E-state index contributed by atoms with van der Waals surface area (Å²) in [6.07, 6.45) is 9.10. The first-order valence-corrected chi connectivity index (χ1v) is 2.10. The Morgan fingerprint density at radius 1 is 1.12 bits per heavy atom. The molecule has 0 aliphatic carbocycles. The van der Waals surface area contributed by atoms with Crippen molar-refractivity contribution >= 4 is 6.21 Å². The summed E-state index contributed by atoms with van der Waals surface area (Å²) in [6.45, 7) is 0. The maximum Gasteiger partial charge on any atom is 0.0472 e. The van der Waals surface area contributed by atoms with Crippen molar-refractivity contribution in [2.24, 2.45) is 5.10 Å². The zero-order valence-electron chi connectivity index (χ0n) is 4.54. The van der Waals surface area contributed by atoms with Crippen molar-refractivity contribution in [3.8, 4) is 0 Å². The molecule has 4 N–H and O–H groups in total. The second-order valence-electron chi connectivity index (χ2n) is 1.15. The summed E-state index contributed by atoms with van der Waals surface area (Å²) >= 11 is 0. The van der Waals surface area contributed by atoms with Gasteiger partial charge in [0, 0.05) is 12.4 Å². The SMILES string of the molecule is C1=CC=NNC=C1.N. The van der Waals surface area contributed by atoms with Gasteiger partial charge in [0.1, 0.15) is 0 Å². The van der Waals surface area contributed by atoms with Crippen LogP contribution in [0.4, 0.5) is 0 Å². The minimum atomic E-state index is 0. The van der Waals surface area contributed by atoms with Crippen molar-refractivity contribution in [3.63, 3.8) is 0 Å². The number of hydrogen-bond acceptors (Lipinski definition) is 3. The third-order valence-electron chi connectivity index (χ3n) is 0.628. The lowest BCUT2D eigenvalue weighted by Crippen LogP contribution is -1.89. The number of allylic oxidation sites excluding steroid dienone is 3. The first kappa shape index (κ1) is 6.91. The van der Waals surface area contributed by atoms with E-state index < -0.39 is 0 Å². The normalized spacial score (nSPS) is 14.0. The molecular weight excluding hydrogens is 102 g/mol. The minimum Gasteiger partial charge on any atom is -0.344 e. The molecule has 0 saturated heterocycles. The van der Waals surface area contributed by atoms with Gasteiger partial charge in [0.05, 0.1) is 0 Å². The monoisotopic (exact) mass is 111 g/mol. The Kier molecular flexibility index (Phi) is 3.52. The standard InChI is InChI=1S/C5H6N2.H3N/c1-2-4-6-7-5-3-1;/h1-6H;1H3. The minimum absolute atomic E-state index is 0. The largest absolute Gasteiger partial charge is 0.344 e. The van der Waals surface area contributed by atoms with Crippen molar-refractivity contribution in [1.82, 2.24) is 11.6 Å². The Balaban J connectivity index is 0.000000490. The second-order valence-corrected chi connectivity index (χ2v) is 1.15. The molecule has 3 nitrogen and oxygen atoms in total. The smallest absolute Gasteiger partial charge is 0.0472 e. The highest BCUT2D eigenvalue weighted by molar-refractivity contribution is 5.71. The highest BCUT2D eigenvalue weighted by Gasteiger charge is 1.68. The molecular formula is C5H9N3. The number of hydrazone groups is 1. The fourth-order valence-electron chi connectivity index (χ4n) is 0.342. The molecule has 0 aromatic heterocycles. The van der Waals surface area contributed by atoms with Crippen LogP contribution in [0.15, 0.2) is 29.5 Å². The van der Waals surface area contributed by atoms with Crippen LogP contribution in [0.1, 0.15) is 0 Å². The molecule has 8 heavy (non-hydrogen) atoms. The van der Waals surface area contributed by atoms with Crippen LogP contribution in [0, 0.1) is 0 Å². The Bertz CT molecular complexity index is 110. The first-order valence-electron chi connectivity index (χ1n) is 2.10. The topological polar surface area (TPSA) is 59.4 Å². The summed E-state index contributed by atoms with van der Waals surface area (Å²) in [6, 6.07) is 0. The Morgan fingerprint density at radius 3 is 2.88 bits per heavy atom. The van der Waals surface area contributed by atoms with Gasteiger partial charge in [-0.15, -0.1) is 0 Å².